The van der Waals surface area contributed by atoms with E-state index in [4.69, 9.17) is 4.74 Å². The molecule has 2 heterocycles. The Hall–Kier alpha value is -2.47. The summed E-state index contributed by atoms with van der Waals surface area (Å²) in [5.74, 6) is -0.732. The van der Waals surface area contributed by atoms with E-state index < -0.39 is 0 Å². The van der Waals surface area contributed by atoms with Crippen LogP contribution in [0.15, 0.2) is 34.8 Å². The van der Waals surface area contributed by atoms with Gasteiger partial charge in [-0.3, -0.25) is 9.59 Å². The molecule has 1 atom stereocenters. The zero-order valence-corrected chi connectivity index (χ0v) is 17.8. The number of hydrogen-bond acceptors (Lipinski definition) is 4. The van der Waals surface area contributed by atoms with E-state index in [1.54, 1.807) is 0 Å². The Balaban J connectivity index is 1.74. The summed E-state index contributed by atoms with van der Waals surface area (Å²) in [7, 11) is 0. The number of carbonyl (C=O) groups is 2. The summed E-state index contributed by atoms with van der Waals surface area (Å²) < 4.78 is 5.50. The maximum absolute atomic E-state index is 12.9. The van der Waals surface area contributed by atoms with E-state index in [9.17, 15) is 9.59 Å². The van der Waals surface area contributed by atoms with E-state index in [0.717, 1.165) is 49.4 Å². The smallest absolute Gasteiger partial charge is 0.254 e. The molecule has 6 nitrogen and oxygen atoms in total. The van der Waals surface area contributed by atoms with Crippen LogP contribution in [0.3, 0.4) is 0 Å². The zero-order valence-electron chi connectivity index (χ0n) is 17.8. The summed E-state index contributed by atoms with van der Waals surface area (Å²) in [5, 5.41) is 2.94. The Morgan fingerprint density at radius 1 is 1.24 bits per heavy atom. The van der Waals surface area contributed by atoms with Gasteiger partial charge in [-0.25, -0.2) is 4.99 Å². The minimum absolute atomic E-state index is 0.153. The molecule has 1 N–H and O–H groups in total. The van der Waals surface area contributed by atoms with Gasteiger partial charge in [0.1, 0.15) is 0 Å². The van der Waals surface area contributed by atoms with E-state index in [0.29, 0.717) is 17.3 Å². The molecule has 1 saturated heterocycles. The van der Waals surface area contributed by atoms with Crippen LogP contribution in [0, 0.1) is 12.8 Å². The van der Waals surface area contributed by atoms with E-state index in [2.05, 4.69) is 28.2 Å². The number of allylic oxidation sites excluding steroid dienone is 1. The number of hydrogen-bond donors (Lipinski definition) is 1. The van der Waals surface area contributed by atoms with Gasteiger partial charge in [0, 0.05) is 49.3 Å². The van der Waals surface area contributed by atoms with Crippen molar-refractivity contribution in [1.82, 2.24) is 5.32 Å². The third kappa shape index (κ3) is 4.75. The second-order valence-corrected chi connectivity index (χ2v) is 7.82. The Morgan fingerprint density at radius 3 is 2.62 bits per heavy atom. The van der Waals surface area contributed by atoms with Gasteiger partial charge < -0.3 is 15.0 Å². The Kier molecular flexibility index (Phi) is 6.85. The van der Waals surface area contributed by atoms with Crippen molar-refractivity contribution < 1.29 is 14.3 Å². The first-order valence-electron chi connectivity index (χ1n) is 10.4. The second-order valence-electron chi connectivity index (χ2n) is 7.82. The third-order valence-electron chi connectivity index (χ3n) is 5.87. The summed E-state index contributed by atoms with van der Waals surface area (Å²) in [4.78, 5) is 31.5. The van der Waals surface area contributed by atoms with Gasteiger partial charge in [-0.2, -0.15) is 0 Å². The van der Waals surface area contributed by atoms with Crippen molar-refractivity contribution >= 4 is 23.2 Å². The van der Waals surface area contributed by atoms with Crippen LogP contribution in [0.2, 0.25) is 0 Å². The summed E-state index contributed by atoms with van der Waals surface area (Å²) in [6.45, 7) is 10.6. The Bertz CT molecular complexity index is 838. The maximum atomic E-state index is 12.9. The number of carbonyl (C=O) groups excluding carboxylic acids is 2. The molecule has 156 valence electrons. The highest BCUT2D eigenvalue weighted by atomic mass is 16.5. The molecule has 6 heteroatoms. The van der Waals surface area contributed by atoms with Crippen LogP contribution in [-0.4, -0.2) is 49.9 Å². The Morgan fingerprint density at radius 2 is 1.97 bits per heavy atom. The van der Waals surface area contributed by atoms with Crippen molar-refractivity contribution in [3.63, 3.8) is 0 Å². The van der Waals surface area contributed by atoms with Crippen molar-refractivity contribution in [1.29, 1.82) is 0 Å². The number of nitrogens with one attached hydrogen (secondary N) is 1. The topological polar surface area (TPSA) is 71.0 Å². The van der Waals surface area contributed by atoms with Gasteiger partial charge >= 0.3 is 0 Å². The number of aliphatic imine (C=N–C) groups is 1. The van der Waals surface area contributed by atoms with Crippen LogP contribution < -0.4 is 10.2 Å². The lowest BCUT2D eigenvalue weighted by molar-refractivity contribution is -0.120. The lowest BCUT2D eigenvalue weighted by Gasteiger charge is -2.36. The monoisotopic (exact) mass is 397 g/mol. The van der Waals surface area contributed by atoms with E-state index >= 15 is 0 Å². The van der Waals surface area contributed by atoms with Crippen molar-refractivity contribution in [2.45, 2.75) is 46.6 Å². The molecule has 0 spiro atoms. The van der Waals surface area contributed by atoms with Crippen LogP contribution in [0.5, 0.6) is 0 Å². The van der Waals surface area contributed by atoms with Crippen LogP contribution in [0.25, 0.3) is 0 Å². The molecule has 0 saturated carbocycles. The van der Waals surface area contributed by atoms with Gasteiger partial charge in [0.15, 0.2) is 0 Å². The van der Waals surface area contributed by atoms with Gasteiger partial charge in [0.25, 0.3) is 11.8 Å². The standard InChI is InChI=1S/C23H31N3O3/c1-5-26(18-9-11-29-12-10-18)21-8-6-7-19(17(21)4)22(27)24-14-20-15(2)13-16(3)25-23(20)28/h6-8,13,18,20H,5,9-12,14H2,1-4H3,(H,24,27). The fraction of sp³-hybridized carbons (Fsp3) is 0.522. The van der Waals surface area contributed by atoms with E-state index in [-0.39, 0.29) is 24.3 Å². The van der Waals surface area contributed by atoms with Crippen LogP contribution in [0.1, 0.15) is 49.5 Å². The van der Waals surface area contributed by atoms with E-state index in [1.165, 1.54) is 0 Å². The molecule has 2 aliphatic rings. The average Bonchev–Trinajstić information content (AvgIpc) is 2.69. The lowest BCUT2D eigenvalue weighted by atomic mass is 9.95. The largest absolute Gasteiger partial charge is 0.381 e. The summed E-state index contributed by atoms with van der Waals surface area (Å²) in [5.41, 5.74) is 4.36. The lowest BCUT2D eigenvalue weighted by Crippen LogP contribution is -2.40. The zero-order chi connectivity index (χ0) is 21.0. The number of dihydropyridines is 1. The van der Waals surface area contributed by atoms with Crippen LogP contribution >= 0.6 is 0 Å². The summed E-state index contributed by atoms with van der Waals surface area (Å²) >= 11 is 0. The number of amides is 2. The first kappa shape index (κ1) is 21.2. The highest BCUT2D eigenvalue weighted by Crippen LogP contribution is 2.28. The quantitative estimate of drug-likeness (QED) is 0.800. The number of rotatable bonds is 6. The highest BCUT2D eigenvalue weighted by Gasteiger charge is 2.26. The average molecular weight is 398 g/mol. The number of anilines is 1. The molecule has 0 radical (unpaired) electrons. The molecule has 2 amide bonds. The van der Waals surface area contributed by atoms with Crippen LogP contribution in [0.4, 0.5) is 5.69 Å². The molecule has 1 aromatic carbocycles. The van der Waals surface area contributed by atoms with E-state index in [1.807, 2.05) is 39.0 Å². The Labute approximate surface area is 173 Å². The molecule has 1 fully saturated rings. The van der Waals surface area contributed by atoms with Gasteiger partial charge in [-0.05, 0) is 64.3 Å². The third-order valence-corrected chi connectivity index (χ3v) is 5.87. The molecule has 2 aliphatic heterocycles. The predicted octanol–water partition coefficient (Wildman–Crippen LogP) is 3.29. The van der Waals surface area contributed by atoms with Crippen LogP contribution in [-0.2, 0) is 9.53 Å². The number of nitrogens with zero attached hydrogens (tertiary/aromatic N) is 2. The number of benzene rings is 1. The fourth-order valence-electron chi connectivity index (χ4n) is 4.25. The first-order valence-corrected chi connectivity index (χ1v) is 10.4. The number of ether oxygens (including phenoxy) is 1. The van der Waals surface area contributed by atoms with Crippen molar-refractivity contribution in [3.8, 4) is 0 Å². The SMILES string of the molecule is CCN(c1cccc(C(=O)NCC2C(=O)N=C(C)C=C2C)c1C)C1CCOCC1. The fourth-order valence-corrected chi connectivity index (χ4v) is 4.25. The molecule has 0 aromatic heterocycles. The molecular formula is C23H31N3O3. The minimum atomic E-state index is -0.388. The molecular weight excluding hydrogens is 366 g/mol. The molecule has 0 aliphatic carbocycles. The normalized spacial score (nSPS) is 20.1. The molecule has 29 heavy (non-hydrogen) atoms. The van der Waals surface area contributed by atoms with Crippen molar-refractivity contribution in [2.75, 3.05) is 31.2 Å². The predicted molar refractivity (Wildman–Crippen MR) is 116 cm³/mol. The molecule has 0 bridgehead atoms. The van der Waals surface area contributed by atoms with Crippen molar-refractivity contribution in [3.05, 3.63) is 41.0 Å². The van der Waals surface area contributed by atoms with Gasteiger partial charge in [-0.1, -0.05) is 11.6 Å². The van der Waals surface area contributed by atoms with Gasteiger partial charge in [-0.15, -0.1) is 0 Å². The minimum Gasteiger partial charge on any atom is -0.381 e. The second kappa shape index (κ2) is 9.35. The summed E-state index contributed by atoms with van der Waals surface area (Å²) in [6, 6.07) is 6.29. The summed E-state index contributed by atoms with van der Waals surface area (Å²) in [6.07, 6.45) is 3.90. The molecule has 1 unspecified atom stereocenters. The molecule has 3 rings (SSSR count). The highest BCUT2D eigenvalue weighted by molar-refractivity contribution is 6.06. The van der Waals surface area contributed by atoms with Gasteiger partial charge in [0.05, 0.1) is 5.92 Å². The first-order chi connectivity index (χ1) is 13.9. The molecule has 1 aromatic rings. The maximum Gasteiger partial charge on any atom is 0.254 e. The van der Waals surface area contributed by atoms with Crippen molar-refractivity contribution in [2.24, 2.45) is 10.9 Å². The van der Waals surface area contributed by atoms with Gasteiger partial charge in [0.2, 0.25) is 0 Å².